The van der Waals surface area contributed by atoms with E-state index in [-0.39, 0.29) is 23.4 Å². The molecule has 4 aromatic rings. The monoisotopic (exact) mass is 924 g/mol. The SMILES string of the molecule is C#CCCCC(=O)CCCOCCOCCOCCOCCC(=O)CCCOCCOCCOCCOCCC(=O)CCCCCn1nc(-c2ccc3oc(N)nc3c2)c2c(N)ncnc21. The van der Waals surface area contributed by atoms with Gasteiger partial charge in [-0.25, -0.2) is 14.6 Å². The van der Waals surface area contributed by atoms with Crippen LogP contribution in [0.5, 0.6) is 0 Å². The molecule has 4 N–H and O–H groups in total. The molecule has 4 rings (SSSR count). The van der Waals surface area contributed by atoms with Gasteiger partial charge >= 0.3 is 0 Å². The first-order valence-electron chi connectivity index (χ1n) is 23.1. The zero-order valence-electron chi connectivity index (χ0n) is 38.4. The molecule has 0 aliphatic carbocycles. The molecule has 1 aromatic carbocycles. The van der Waals surface area contributed by atoms with Crippen molar-refractivity contribution in [2.75, 3.05) is 117 Å². The molecule has 0 saturated carbocycles. The summed E-state index contributed by atoms with van der Waals surface area (Å²) in [6.45, 7) is 7.64. The molecular formula is C47H69N7O12. The predicted octanol–water partition coefficient (Wildman–Crippen LogP) is 5.34. The molecule has 19 nitrogen and oxygen atoms in total. The van der Waals surface area contributed by atoms with Gasteiger partial charge in [0.2, 0.25) is 0 Å². The minimum atomic E-state index is 0.0969. The second kappa shape index (κ2) is 33.5. The second-order valence-electron chi connectivity index (χ2n) is 15.4. The Morgan fingerprint density at radius 1 is 0.591 bits per heavy atom. The Morgan fingerprint density at radius 3 is 1.65 bits per heavy atom. The Balaban J connectivity index is 0.848. The maximum atomic E-state index is 12.4. The topological polar surface area (TPSA) is 247 Å². The molecule has 0 fully saturated rings. The number of carbonyl (C=O) groups is 3. The maximum Gasteiger partial charge on any atom is 0.292 e. The third kappa shape index (κ3) is 22.1. The predicted molar refractivity (Wildman–Crippen MR) is 248 cm³/mol. The van der Waals surface area contributed by atoms with Crippen LogP contribution in [-0.2, 0) is 58.8 Å². The highest BCUT2D eigenvalue weighted by molar-refractivity contribution is 5.99. The Labute approximate surface area is 387 Å². The number of hydrogen-bond donors (Lipinski definition) is 2. The van der Waals surface area contributed by atoms with E-state index in [0.717, 1.165) is 31.2 Å². The number of Topliss-reactive ketones (excluding diaryl/α,β-unsaturated/α-hetero) is 3. The molecule has 0 radical (unpaired) electrons. The van der Waals surface area contributed by atoms with Gasteiger partial charge in [0.25, 0.3) is 6.01 Å². The van der Waals surface area contributed by atoms with E-state index in [0.29, 0.717) is 204 Å². The number of fused-ring (bicyclic) bond motifs is 2. The molecule has 0 bridgehead atoms. The van der Waals surface area contributed by atoms with Crippen LogP contribution in [0.25, 0.3) is 33.4 Å². The fourth-order valence-electron chi connectivity index (χ4n) is 6.64. The van der Waals surface area contributed by atoms with Crippen LogP contribution in [0.4, 0.5) is 11.8 Å². The van der Waals surface area contributed by atoms with E-state index in [1.165, 1.54) is 6.33 Å². The number of terminal acetylenes is 1. The highest BCUT2D eigenvalue weighted by atomic mass is 16.6. The average Bonchev–Trinajstić information content (AvgIpc) is 3.88. The van der Waals surface area contributed by atoms with Crippen molar-refractivity contribution in [2.24, 2.45) is 0 Å². The summed E-state index contributed by atoms with van der Waals surface area (Å²) >= 11 is 0. The van der Waals surface area contributed by atoms with Gasteiger partial charge < -0.3 is 53.8 Å². The van der Waals surface area contributed by atoms with Crippen molar-refractivity contribution in [1.82, 2.24) is 24.7 Å². The molecule has 0 saturated heterocycles. The van der Waals surface area contributed by atoms with Crippen molar-refractivity contribution in [1.29, 1.82) is 0 Å². The average molecular weight is 924 g/mol. The van der Waals surface area contributed by atoms with E-state index in [9.17, 15) is 14.4 Å². The highest BCUT2D eigenvalue weighted by Crippen LogP contribution is 2.32. The van der Waals surface area contributed by atoms with E-state index in [2.05, 4.69) is 20.9 Å². The molecular weight excluding hydrogens is 855 g/mol. The number of aryl methyl sites for hydroxylation is 1. The summed E-state index contributed by atoms with van der Waals surface area (Å²) in [7, 11) is 0. The molecule has 364 valence electrons. The fourth-order valence-corrected chi connectivity index (χ4v) is 6.64. The number of nitrogens with two attached hydrogens (primary N) is 2. The molecule has 3 heterocycles. The maximum absolute atomic E-state index is 12.4. The van der Waals surface area contributed by atoms with Crippen molar-refractivity contribution in [2.45, 2.75) is 90.0 Å². The Bertz CT molecular complexity index is 2030. The van der Waals surface area contributed by atoms with Gasteiger partial charge in [-0.1, -0.05) is 6.42 Å². The lowest BCUT2D eigenvalue weighted by molar-refractivity contribution is -0.121. The third-order valence-electron chi connectivity index (χ3n) is 10.1. The summed E-state index contributed by atoms with van der Waals surface area (Å²) in [4.78, 5) is 49.0. The number of ketones is 3. The number of ether oxygens (including phenoxy) is 8. The summed E-state index contributed by atoms with van der Waals surface area (Å²) < 4.78 is 51.3. The second-order valence-corrected chi connectivity index (χ2v) is 15.4. The van der Waals surface area contributed by atoms with Crippen molar-refractivity contribution < 1.29 is 56.7 Å². The summed E-state index contributed by atoms with van der Waals surface area (Å²) in [6.07, 6.45) is 14.6. The summed E-state index contributed by atoms with van der Waals surface area (Å²) in [5.41, 5.74) is 15.3. The molecule has 66 heavy (non-hydrogen) atoms. The molecule has 0 unspecified atom stereocenters. The highest BCUT2D eigenvalue weighted by Gasteiger charge is 2.18. The van der Waals surface area contributed by atoms with Crippen molar-refractivity contribution >= 4 is 51.3 Å². The number of nitrogen functional groups attached to an aromatic ring is 2. The van der Waals surface area contributed by atoms with E-state index in [1.807, 2.05) is 16.8 Å². The molecule has 3 aromatic heterocycles. The Hall–Kier alpha value is -4.91. The number of nitrogens with zero attached hydrogens (tertiary/aromatic N) is 5. The van der Waals surface area contributed by atoms with Crippen LogP contribution in [-0.4, -0.2) is 148 Å². The quantitative estimate of drug-likeness (QED) is 0.0420. The standard InChI is InChI=1S/C47H69N7O12/c1-2-3-5-10-38(55)12-8-19-58-23-27-62-31-34-65-30-26-61-22-17-40(57)13-9-20-59-24-28-63-32-33-64-29-25-60-21-16-39(56)11-6-4-7-18-54-46-43(45(48)50-36-51-46)44(53-54)37-14-15-42-41(35-37)52-47(49)66-42/h1,14-15,35-36H,3-13,16-34H2,(H2,49,52)(H2,48,50,51). The lowest BCUT2D eigenvalue weighted by Gasteiger charge is -2.08. The number of aromatic nitrogens is 5. The first-order valence-corrected chi connectivity index (χ1v) is 23.1. The lowest BCUT2D eigenvalue weighted by atomic mass is 10.1. The first kappa shape index (κ1) is 53.7. The van der Waals surface area contributed by atoms with Crippen LogP contribution >= 0.6 is 0 Å². The molecule has 0 amide bonds. The van der Waals surface area contributed by atoms with Gasteiger partial charge in [-0.3, -0.25) is 14.4 Å². The number of carbonyl (C=O) groups excluding carboxylic acids is 3. The Morgan fingerprint density at radius 2 is 1.09 bits per heavy atom. The van der Waals surface area contributed by atoms with Gasteiger partial charge in [0.1, 0.15) is 40.7 Å². The minimum Gasteiger partial charge on any atom is -0.424 e. The van der Waals surface area contributed by atoms with Crippen LogP contribution in [0, 0.1) is 12.3 Å². The van der Waals surface area contributed by atoms with Gasteiger partial charge in [0.15, 0.2) is 11.2 Å². The van der Waals surface area contributed by atoms with E-state index < -0.39 is 0 Å². The summed E-state index contributed by atoms with van der Waals surface area (Å²) in [6, 6.07) is 5.62. The van der Waals surface area contributed by atoms with Crippen molar-refractivity contribution in [3.05, 3.63) is 24.5 Å². The van der Waals surface area contributed by atoms with E-state index in [1.54, 1.807) is 6.07 Å². The van der Waals surface area contributed by atoms with E-state index in [4.69, 9.17) is 65.3 Å². The third-order valence-corrected chi connectivity index (χ3v) is 10.1. The van der Waals surface area contributed by atoms with Gasteiger partial charge in [0, 0.05) is 70.3 Å². The zero-order valence-corrected chi connectivity index (χ0v) is 38.4. The lowest BCUT2D eigenvalue weighted by Crippen LogP contribution is -2.13. The van der Waals surface area contributed by atoms with Crippen LogP contribution < -0.4 is 11.5 Å². The zero-order chi connectivity index (χ0) is 46.9. The number of oxazole rings is 1. The smallest absolute Gasteiger partial charge is 0.292 e. The molecule has 19 heteroatoms. The number of unbranched alkanes of at least 4 members (excludes halogenated alkanes) is 3. The number of anilines is 2. The molecule has 0 aliphatic heterocycles. The van der Waals surface area contributed by atoms with Crippen molar-refractivity contribution in [3.63, 3.8) is 0 Å². The van der Waals surface area contributed by atoms with Gasteiger partial charge in [-0.05, 0) is 50.3 Å². The minimum absolute atomic E-state index is 0.0969. The Kier molecular flexibility index (Phi) is 27.3. The van der Waals surface area contributed by atoms with E-state index >= 15 is 0 Å². The van der Waals surface area contributed by atoms with Gasteiger partial charge in [-0.15, -0.1) is 12.3 Å². The normalized spacial score (nSPS) is 11.5. The molecule has 0 aliphatic rings. The largest absolute Gasteiger partial charge is 0.424 e. The summed E-state index contributed by atoms with van der Waals surface area (Å²) in [5, 5.41) is 5.49. The first-order chi connectivity index (χ1) is 32.4. The van der Waals surface area contributed by atoms with Crippen LogP contribution in [0.2, 0.25) is 0 Å². The van der Waals surface area contributed by atoms with Crippen molar-refractivity contribution in [3.8, 4) is 23.6 Å². The van der Waals surface area contributed by atoms with Gasteiger partial charge in [0.05, 0.1) is 97.9 Å². The summed E-state index contributed by atoms with van der Waals surface area (Å²) in [5.74, 6) is 3.42. The number of benzene rings is 1. The molecule has 0 spiro atoms. The van der Waals surface area contributed by atoms with Crippen LogP contribution in [0.1, 0.15) is 83.5 Å². The fraction of sp³-hybridized carbons (Fsp3) is 0.638. The molecule has 0 atom stereocenters. The van der Waals surface area contributed by atoms with Crippen LogP contribution in [0.15, 0.2) is 28.9 Å². The van der Waals surface area contributed by atoms with Crippen LogP contribution in [0.3, 0.4) is 0 Å². The number of rotatable bonds is 42. The van der Waals surface area contributed by atoms with Gasteiger partial charge in [-0.2, -0.15) is 10.1 Å². The number of hydrogen-bond acceptors (Lipinski definition) is 18.